The summed E-state index contributed by atoms with van der Waals surface area (Å²) in [6.45, 7) is 2.81. The number of rotatable bonds is 4. The number of carbonyl (C=O) groups excluding carboxylic acids is 1. The topological polar surface area (TPSA) is 92.9 Å². The highest BCUT2D eigenvalue weighted by atomic mass is 16.5. The van der Waals surface area contributed by atoms with E-state index in [0.717, 1.165) is 18.1 Å². The van der Waals surface area contributed by atoms with E-state index in [0.29, 0.717) is 31.1 Å². The van der Waals surface area contributed by atoms with Crippen LogP contribution in [0, 0.1) is 5.92 Å². The zero-order valence-electron chi connectivity index (χ0n) is 16.7. The second-order valence-corrected chi connectivity index (χ2v) is 7.54. The predicted molar refractivity (Wildman–Crippen MR) is 110 cm³/mol. The molecule has 154 valence electrons. The van der Waals surface area contributed by atoms with Gasteiger partial charge in [-0.05, 0) is 42.0 Å². The van der Waals surface area contributed by atoms with E-state index >= 15 is 0 Å². The van der Waals surface area contributed by atoms with Gasteiger partial charge in [0.2, 0.25) is 0 Å². The molecule has 0 unspecified atom stereocenters. The SMILES string of the molecule is CC(=O)O.NCc1cccc(C(=O)N2C[C@@H](c3ccccc3)O[C@@H](C3CC3)C2)c1. The van der Waals surface area contributed by atoms with E-state index in [-0.39, 0.29) is 18.1 Å². The number of hydrogen-bond donors (Lipinski definition) is 2. The van der Waals surface area contributed by atoms with Crippen LogP contribution >= 0.6 is 0 Å². The molecule has 6 heteroatoms. The van der Waals surface area contributed by atoms with E-state index in [2.05, 4.69) is 12.1 Å². The maximum absolute atomic E-state index is 13.1. The number of carbonyl (C=O) groups is 2. The second-order valence-electron chi connectivity index (χ2n) is 7.54. The van der Waals surface area contributed by atoms with Crippen molar-refractivity contribution in [1.82, 2.24) is 4.90 Å². The first-order valence-electron chi connectivity index (χ1n) is 9.96. The first kappa shape index (κ1) is 21.0. The van der Waals surface area contributed by atoms with Crippen molar-refractivity contribution in [2.45, 2.75) is 38.5 Å². The fraction of sp³-hybridized carbons (Fsp3) is 0.391. The summed E-state index contributed by atoms with van der Waals surface area (Å²) in [5.74, 6) is -0.164. The standard InChI is InChI=1S/C21H24N2O2.C2H4O2/c22-12-15-5-4-8-18(11-15)21(24)23-13-19(16-6-2-1-3-7-16)25-20(14-23)17-9-10-17;1-2(3)4/h1-8,11,17,19-20H,9-10,12-14,22H2;1H3,(H,3,4)/t19-,20+;/m0./s1. The molecule has 6 nitrogen and oxygen atoms in total. The third-order valence-electron chi connectivity index (χ3n) is 5.14. The van der Waals surface area contributed by atoms with Crippen LogP contribution in [-0.4, -0.2) is 41.1 Å². The molecule has 1 amide bonds. The smallest absolute Gasteiger partial charge is 0.300 e. The van der Waals surface area contributed by atoms with Crippen LogP contribution in [0.4, 0.5) is 0 Å². The Balaban J connectivity index is 0.000000552. The number of carboxylic acids is 1. The van der Waals surface area contributed by atoms with Crippen molar-refractivity contribution in [1.29, 1.82) is 0 Å². The Morgan fingerprint density at radius 3 is 2.41 bits per heavy atom. The van der Waals surface area contributed by atoms with Gasteiger partial charge in [-0.2, -0.15) is 0 Å². The predicted octanol–water partition coefficient (Wildman–Crippen LogP) is 3.23. The lowest BCUT2D eigenvalue weighted by molar-refractivity contribution is -0.134. The number of aliphatic carboxylic acids is 1. The summed E-state index contributed by atoms with van der Waals surface area (Å²) in [7, 11) is 0. The molecule has 4 rings (SSSR count). The van der Waals surface area contributed by atoms with Crippen molar-refractivity contribution >= 4 is 11.9 Å². The van der Waals surface area contributed by atoms with Gasteiger partial charge < -0.3 is 20.5 Å². The van der Waals surface area contributed by atoms with Crippen molar-refractivity contribution in [3.05, 3.63) is 71.3 Å². The van der Waals surface area contributed by atoms with Gasteiger partial charge in [0, 0.05) is 25.6 Å². The van der Waals surface area contributed by atoms with Gasteiger partial charge in [0.05, 0.1) is 12.6 Å². The third kappa shape index (κ3) is 5.89. The number of benzene rings is 2. The molecule has 2 atom stereocenters. The van der Waals surface area contributed by atoms with Gasteiger partial charge in [0.15, 0.2) is 0 Å². The first-order valence-corrected chi connectivity index (χ1v) is 9.96. The summed E-state index contributed by atoms with van der Waals surface area (Å²) in [5.41, 5.74) is 8.56. The molecule has 1 heterocycles. The van der Waals surface area contributed by atoms with Crippen LogP contribution in [0.2, 0.25) is 0 Å². The Morgan fingerprint density at radius 1 is 1.10 bits per heavy atom. The molecule has 0 bridgehead atoms. The van der Waals surface area contributed by atoms with Gasteiger partial charge in [-0.25, -0.2) is 0 Å². The van der Waals surface area contributed by atoms with Gasteiger partial charge in [-0.3, -0.25) is 9.59 Å². The molecule has 1 aliphatic carbocycles. The molecule has 0 radical (unpaired) electrons. The minimum Gasteiger partial charge on any atom is -0.481 e. The zero-order valence-corrected chi connectivity index (χ0v) is 16.7. The summed E-state index contributed by atoms with van der Waals surface area (Å²) in [6.07, 6.45) is 2.50. The molecule has 0 spiro atoms. The Kier molecular flexibility index (Phi) is 7.01. The molecule has 3 N–H and O–H groups in total. The van der Waals surface area contributed by atoms with Crippen molar-refractivity contribution in [3.8, 4) is 0 Å². The minimum absolute atomic E-state index is 0.0535. The van der Waals surface area contributed by atoms with Crippen molar-refractivity contribution in [2.24, 2.45) is 11.7 Å². The van der Waals surface area contributed by atoms with E-state index in [1.54, 1.807) is 0 Å². The monoisotopic (exact) mass is 396 g/mol. The molecule has 2 fully saturated rings. The van der Waals surface area contributed by atoms with Crippen LogP contribution in [0.25, 0.3) is 0 Å². The number of morpholine rings is 1. The van der Waals surface area contributed by atoms with Gasteiger partial charge in [-0.15, -0.1) is 0 Å². The molecular formula is C23H28N2O4. The normalized spacial score (nSPS) is 21.1. The Hall–Kier alpha value is -2.70. The fourth-order valence-electron chi connectivity index (χ4n) is 3.55. The molecule has 0 aromatic heterocycles. The van der Waals surface area contributed by atoms with Gasteiger partial charge in [0.1, 0.15) is 6.10 Å². The lowest BCUT2D eigenvalue weighted by Gasteiger charge is -2.38. The molecule has 1 saturated carbocycles. The summed E-state index contributed by atoms with van der Waals surface area (Å²) in [6, 6.07) is 17.9. The van der Waals surface area contributed by atoms with Gasteiger partial charge in [0.25, 0.3) is 11.9 Å². The lowest BCUT2D eigenvalue weighted by Crippen LogP contribution is -2.47. The summed E-state index contributed by atoms with van der Waals surface area (Å²) >= 11 is 0. The van der Waals surface area contributed by atoms with E-state index in [4.69, 9.17) is 20.4 Å². The van der Waals surface area contributed by atoms with Crippen molar-refractivity contribution < 1.29 is 19.4 Å². The Morgan fingerprint density at radius 2 is 1.79 bits per heavy atom. The third-order valence-corrected chi connectivity index (χ3v) is 5.14. The van der Waals surface area contributed by atoms with Crippen LogP contribution in [0.1, 0.15) is 47.4 Å². The van der Waals surface area contributed by atoms with Gasteiger partial charge >= 0.3 is 0 Å². The van der Waals surface area contributed by atoms with E-state index in [1.165, 1.54) is 12.8 Å². The molecule has 2 aromatic rings. The van der Waals surface area contributed by atoms with Crippen LogP contribution in [-0.2, 0) is 16.1 Å². The quantitative estimate of drug-likeness (QED) is 0.828. The molecule has 1 saturated heterocycles. The first-order chi connectivity index (χ1) is 14.0. The van der Waals surface area contributed by atoms with E-state index in [9.17, 15) is 4.79 Å². The largest absolute Gasteiger partial charge is 0.481 e. The van der Waals surface area contributed by atoms with E-state index < -0.39 is 5.97 Å². The second kappa shape index (κ2) is 9.67. The van der Waals surface area contributed by atoms with Crippen LogP contribution in [0.15, 0.2) is 54.6 Å². The van der Waals surface area contributed by atoms with Crippen molar-refractivity contribution in [3.63, 3.8) is 0 Å². The molecule has 2 aliphatic rings. The number of amides is 1. The summed E-state index contributed by atoms with van der Waals surface area (Å²) in [5, 5.41) is 7.42. The highest BCUT2D eigenvalue weighted by Crippen LogP contribution is 2.39. The highest BCUT2D eigenvalue weighted by molar-refractivity contribution is 5.94. The number of ether oxygens (including phenoxy) is 1. The molecule has 2 aromatic carbocycles. The Labute approximate surface area is 171 Å². The van der Waals surface area contributed by atoms with Crippen molar-refractivity contribution in [2.75, 3.05) is 13.1 Å². The molecule has 1 aliphatic heterocycles. The van der Waals surface area contributed by atoms with Gasteiger partial charge in [-0.1, -0.05) is 42.5 Å². The summed E-state index contributed by atoms with van der Waals surface area (Å²) < 4.78 is 6.34. The molecular weight excluding hydrogens is 368 g/mol. The number of carboxylic acid groups (broad SMARTS) is 1. The Bertz CT molecular complexity index is 832. The number of nitrogens with two attached hydrogens (primary N) is 1. The van der Waals surface area contributed by atoms with Crippen LogP contribution < -0.4 is 5.73 Å². The summed E-state index contributed by atoms with van der Waals surface area (Å²) in [4.78, 5) is 24.0. The number of nitrogens with zero attached hydrogens (tertiary/aromatic N) is 1. The minimum atomic E-state index is -0.833. The number of hydrogen-bond acceptors (Lipinski definition) is 4. The average Bonchev–Trinajstić information content (AvgIpc) is 3.59. The lowest BCUT2D eigenvalue weighted by atomic mass is 10.0. The van der Waals surface area contributed by atoms with Crippen LogP contribution in [0.3, 0.4) is 0 Å². The fourth-order valence-corrected chi connectivity index (χ4v) is 3.55. The average molecular weight is 396 g/mol. The maximum atomic E-state index is 13.1. The molecule has 29 heavy (non-hydrogen) atoms. The van der Waals surface area contributed by atoms with E-state index in [1.807, 2.05) is 47.4 Å². The van der Waals surface area contributed by atoms with Crippen LogP contribution in [0.5, 0.6) is 0 Å². The highest BCUT2D eigenvalue weighted by Gasteiger charge is 2.40. The zero-order chi connectivity index (χ0) is 20.8. The maximum Gasteiger partial charge on any atom is 0.300 e.